The van der Waals surface area contributed by atoms with E-state index in [9.17, 15) is 9.90 Å². The standard InChI is InChI=1S/C10H20O4/c1-8(12)14-7-10(13,6-11)5-9(2,3)4/h11,13H,5-7H2,1-4H3. The van der Waals surface area contributed by atoms with Crippen molar-refractivity contribution in [1.29, 1.82) is 0 Å². The van der Waals surface area contributed by atoms with Crippen molar-refractivity contribution >= 4 is 5.97 Å². The zero-order valence-electron chi connectivity index (χ0n) is 9.33. The van der Waals surface area contributed by atoms with Crippen LogP contribution >= 0.6 is 0 Å². The Morgan fingerprint density at radius 3 is 2.14 bits per heavy atom. The number of hydrogen-bond acceptors (Lipinski definition) is 4. The van der Waals surface area contributed by atoms with Crippen LogP contribution in [-0.4, -0.2) is 35.0 Å². The van der Waals surface area contributed by atoms with Crippen LogP contribution in [0.1, 0.15) is 34.1 Å². The summed E-state index contributed by atoms with van der Waals surface area (Å²) in [6, 6.07) is 0. The van der Waals surface area contributed by atoms with Gasteiger partial charge in [-0.2, -0.15) is 0 Å². The van der Waals surface area contributed by atoms with Crippen LogP contribution < -0.4 is 0 Å². The van der Waals surface area contributed by atoms with Gasteiger partial charge in [0.15, 0.2) is 0 Å². The molecule has 0 spiro atoms. The molecule has 0 aromatic rings. The van der Waals surface area contributed by atoms with Gasteiger partial charge in [0, 0.05) is 6.92 Å². The van der Waals surface area contributed by atoms with Gasteiger partial charge < -0.3 is 14.9 Å². The van der Waals surface area contributed by atoms with Crippen molar-refractivity contribution in [2.24, 2.45) is 5.41 Å². The highest BCUT2D eigenvalue weighted by Crippen LogP contribution is 2.27. The highest BCUT2D eigenvalue weighted by atomic mass is 16.5. The van der Waals surface area contributed by atoms with Crippen molar-refractivity contribution in [2.75, 3.05) is 13.2 Å². The second-order valence-electron chi connectivity index (χ2n) is 4.90. The third kappa shape index (κ3) is 5.94. The van der Waals surface area contributed by atoms with Crippen LogP contribution in [0.25, 0.3) is 0 Å². The molecule has 84 valence electrons. The lowest BCUT2D eigenvalue weighted by Gasteiger charge is -2.32. The minimum atomic E-state index is -1.33. The molecule has 0 bridgehead atoms. The molecule has 0 saturated heterocycles. The summed E-state index contributed by atoms with van der Waals surface area (Å²) >= 11 is 0. The first-order valence-electron chi connectivity index (χ1n) is 4.65. The van der Waals surface area contributed by atoms with Gasteiger partial charge in [-0.05, 0) is 11.8 Å². The van der Waals surface area contributed by atoms with Crippen molar-refractivity contribution in [1.82, 2.24) is 0 Å². The number of hydrogen-bond donors (Lipinski definition) is 2. The van der Waals surface area contributed by atoms with E-state index in [4.69, 9.17) is 9.84 Å². The Labute approximate surface area is 84.9 Å². The Kier molecular flexibility index (Phi) is 4.55. The lowest BCUT2D eigenvalue weighted by Crippen LogP contribution is -2.42. The molecule has 0 aromatic heterocycles. The van der Waals surface area contributed by atoms with Crippen LogP contribution in [0, 0.1) is 5.41 Å². The van der Waals surface area contributed by atoms with Crippen LogP contribution in [0.3, 0.4) is 0 Å². The first-order valence-corrected chi connectivity index (χ1v) is 4.65. The average molecular weight is 204 g/mol. The van der Waals surface area contributed by atoms with E-state index in [0.717, 1.165) is 0 Å². The molecular weight excluding hydrogens is 184 g/mol. The van der Waals surface area contributed by atoms with Crippen LogP contribution in [0.2, 0.25) is 0 Å². The van der Waals surface area contributed by atoms with Gasteiger partial charge in [0.05, 0.1) is 6.61 Å². The molecule has 0 aliphatic heterocycles. The van der Waals surface area contributed by atoms with E-state index >= 15 is 0 Å². The van der Waals surface area contributed by atoms with E-state index < -0.39 is 18.2 Å². The SMILES string of the molecule is CC(=O)OCC(O)(CO)CC(C)(C)C. The summed E-state index contributed by atoms with van der Waals surface area (Å²) in [5, 5.41) is 18.9. The highest BCUT2D eigenvalue weighted by molar-refractivity contribution is 5.65. The number of carbonyl (C=O) groups excluding carboxylic acids is 1. The van der Waals surface area contributed by atoms with Gasteiger partial charge in [-0.25, -0.2) is 0 Å². The van der Waals surface area contributed by atoms with Crippen LogP contribution in [0.4, 0.5) is 0 Å². The second kappa shape index (κ2) is 4.75. The summed E-state index contributed by atoms with van der Waals surface area (Å²) in [4.78, 5) is 10.6. The van der Waals surface area contributed by atoms with Gasteiger partial charge in [-0.3, -0.25) is 4.79 Å². The third-order valence-corrected chi connectivity index (χ3v) is 1.70. The van der Waals surface area contributed by atoms with E-state index in [0.29, 0.717) is 6.42 Å². The molecule has 4 nitrogen and oxygen atoms in total. The zero-order chi connectivity index (χ0) is 11.4. The third-order valence-electron chi connectivity index (χ3n) is 1.70. The number of aliphatic hydroxyl groups is 2. The van der Waals surface area contributed by atoms with Gasteiger partial charge in [-0.1, -0.05) is 20.8 Å². The molecule has 0 radical (unpaired) electrons. The molecule has 0 rings (SSSR count). The largest absolute Gasteiger partial charge is 0.463 e. The second-order valence-corrected chi connectivity index (χ2v) is 4.90. The Morgan fingerprint density at radius 1 is 1.36 bits per heavy atom. The van der Waals surface area contributed by atoms with Gasteiger partial charge in [0.2, 0.25) is 0 Å². The number of esters is 1. The minimum Gasteiger partial charge on any atom is -0.463 e. The monoisotopic (exact) mass is 204 g/mol. The molecule has 0 aliphatic carbocycles. The molecule has 4 heteroatoms. The topological polar surface area (TPSA) is 66.8 Å². The minimum absolute atomic E-state index is 0.127. The summed E-state index contributed by atoms with van der Waals surface area (Å²) in [7, 11) is 0. The predicted molar refractivity (Wildman–Crippen MR) is 52.7 cm³/mol. The Hall–Kier alpha value is -0.610. The molecule has 2 N–H and O–H groups in total. The lowest BCUT2D eigenvalue weighted by molar-refractivity contribution is -0.154. The fraction of sp³-hybridized carbons (Fsp3) is 0.900. The Balaban J connectivity index is 4.25. The van der Waals surface area contributed by atoms with E-state index in [1.165, 1.54) is 6.92 Å². The number of carbonyl (C=O) groups is 1. The lowest BCUT2D eigenvalue weighted by atomic mass is 9.82. The van der Waals surface area contributed by atoms with Crippen molar-refractivity contribution < 1.29 is 19.7 Å². The molecule has 0 fully saturated rings. The summed E-state index contributed by atoms with van der Waals surface area (Å²) in [5.41, 5.74) is -1.46. The maximum Gasteiger partial charge on any atom is 0.302 e. The molecular formula is C10H20O4. The molecule has 0 aromatic carbocycles. The Bertz CT molecular complexity index is 195. The summed E-state index contributed by atoms with van der Waals surface area (Å²) in [6.45, 7) is 6.55. The maximum absolute atomic E-state index is 10.6. The number of ether oxygens (including phenoxy) is 1. The smallest absolute Gasteiger partial charge is 0.302 e. The quantitative estimate of drug-likeness (QED) is 0.662. The number of aliphatic hydroxyl groups excluding tert-OH is 1. The summed E-state index contributed by atoms with van der Waals surface area (Å²) in [6.07, 6.45) is 0.379. The van der Waals surface area contributed by atoms with Crippen LogP contribution in [-0.2, 0) is 9.53 Å². The molecule has 14 heavy (non-hydrogen) atoms. The Morgan fingerprint density at radius 2 is 1.86 bits per heavy atom. The average Bonchev–Trinajstić information content (AvgIpc) is 1.98. The maximum atomic E-state index is 10.6. The highest BCUT2D eigenvalue weighted by Gasteiger charge is 2.32. The van der Waals surface area contributed by atoms with E-state index in [-0.39, 0.29) is 12.0 Å². The number of rotatable bonds is 4. The molecule has 1 atom stereocenters. The summed E-state index contributed by atoms with van der Waals surface area (Å²) in [5.74, 6) is -0.453. The van der Waals surface area contributed by atoms with Crippen molar-refractivity contribution in [2.45, 2.75) is 39.7 Å². The van der Waals surface area contributed by atoms with Crippen LogP contribution in [0.5, 0.6) is 0 Å². The molecule has 0 heterocycles. The van der Waals surface area contributed by atoms with E-state index in [1.807, 2.05) is 20.8 Å². The van der Waals surface area contributed by atoms with Gasteiger partial charge >= 0.3 is 5.97 Å². The van der Waals surface area contributed by atoms with E-state index in [2.05, 4.69) is 0 Å². The molecule has 1 unspecified atom stereocenters. The molecule has 0 saturated carbocycles. The van der Waals surface area contributed by atoms with Crippen molar-refractivity contribution in [3.8, 4) is 0 Å². The first-order chi connectivity index (χ1) is 6.18. The zero-order valence-corrected chi connectivity index (χ0v) is 9.33. The fourth-order valence-corrected chi connectivity index (χ4v) is 1.38. The van der Waals surface area contributed by atoms with Gasteiger partial charge in [0.1, 0.15) is 12.2 Å². The predicted octanol–water partition coefficient (Wildman–Crippen LogP) is 0.709. The first kappa shape index (κ1) is 13.4. The van der Waals surface area contributed by atoms with Crippen molar-refractivity contribution in [3.05, 3.63) is 0 Å². The fourth-order valence-electron chi connectivity index (χ4n) is 1.38. The summed E-state index contributed by atoms with van der Waals surface area (Å²) < 4.78 is 4.69. The van der Waals surface area contributed by atoms with Crippen molar-refractivity contribution in [3.63, 3.8) is 0 Å². The van der Waals surface area contributed by atoms with Gasteiger partial charge in [0.25, 0.3) is 0 Å². The molecule has 0 amide bonds. The molecule has 0 aliphatic rings. The van der Waals surface area contributed by atoms with E-state index in [1.54, 1.807) is 0 Å². The van der Waals surface area contributed by atoms with Gasteiger partial charge in [-0.15, -0.1) is 0 Å². The normalized spacial score (nSPS) is 16.1. The van der Waals surface area contributed by atoms with Crippen LogP contribution in [0.15, 0.2) is 0 Å².